The Morgan fingerprint density at radius 2 is 0.866 bits per heavy atom. The van der Waals surface area contributed by atoms with E-state index in [0.29, 0.717) is 25.7 Å². The first-order valence-corrected chi connectivity index (χ1v) is 28.5. The van der Waals surface area contributed by atoms with Gasteiger partial charge < -0.3 is 49.3 Å². The molecular weight excluding hydrogens is 937 g/mol. The van der Waals surface area contributed by atoms with Crippen molar-refractivity contribution in [3.63, 3.8) is 0 Å². The Labute approximate surface area is 397 Å². The van der Waals surface area contributed by atoms with Gasteiger partial charge in [-0.2, -0.15) is 0 Å². The lowest BCUT2D eigenvalue weighted by molar-refractivity contribution is -0.213. The number of carbonyl (C=O) groups excluding carboxylic acids is 2. The number of aliphatic hydroxyl groups excluding tert-OH is 3. The first kappa shape index (κ1) is 63.1. The Hall–Kier alpha value is -1.89. The minimum atomic E-state index is -5.61. The number of allylic oxidation sites excluding steroid dienone is 8. The van der Waals surface area contributed by atoms with Crippen LogP contribution in [0.3, 0.4) is 0 Å². The van der Waals surface area contributed by atoms with Crippen LogP contribution in [0.2, 0.25) is 0 Å². The first-order chi connectivity index (χ1) is 31.8. The predicted molar refractivity (Wildman–Crippen MR) is 252 cm³/mol. The van der Waals surface area contributed by atoms with Gasteiger partial charge in [0.25, 0.3) is 0 Å². The fourth-order valence-corrected chi connectivity index (χ4v) is 9.09. The van der Waals surface area contributed by atoms with Crippen LogP contribution in [0.4, 0.5) is 0 Å². The number of unbranched alkanes of at least 4 members (excludes halogenated alkanes) is 16. The van der Waals surface area contributed by atoms with Gasteiger partial charge in [0, 0.05) is 12.8 Å². The summed E-state index contributed by atoms with van der Waals surface area (Å²) in [6.07, 6.45) is 22.8. The average molecular weight is 1020 g/mol. The van der Waals surface area contributed by atoms with Crippen LogP contribution in [0.15, 0.2) is 48.6 Å². The fraction of sp³-hybridized carbons (Fsp3) is 0.778. The van der Waals surface area contributed by atoms with E-state index in [0.717, 1.165) is 57.8 Å². The van der Waals surface area contributed by atoms with Crippen molar-refractivity contribution in [1.29, 1.82) is 0 Å². The summed E-state index contributed by atoms with van der Waals surface area (Å²) in [5.41, 5.74) is 0. The van der Waals surface area contributed by atoms with Crippen LogP contribution in [0.25, 0.3) is 0 Å². The van der Waals surface area contributed by atoms with E-state index in [1.54, 1.807) is 0 Å². The summed E-state index contributed by atoms with van der Waals surface area (Å²) < 4.78 is 65.4. The molecule has 0 aromatic rings. The van der Waals surface area contributed by atoms with E-state index in [-0.39, 0.29) is 12.8 Å². The molecule has 22 heteroatoms. The van der Waals surface area contributed by atoms with Gasteiger partial charge >= 0.3 is 35.4 Å². The molecule has 1 fully saturated rings. The summed E-state index contributed by atoms with van der Waals surface area (Å²) in [6.45, 7) is 2.87. The third-order valence-corrected chi connectivity index (χ3v) is 12.6. The number of carbonyl (C=O) groups is 2. The molecule has 0 spiro atoms. The second-order valence-electron chi connectivity index (χ2n) is 16.7. The van der Waals surface area contributed by atoms with E-state index < -0.39 is 91.3 Å². The van der Waals surface area contributed by atoms with E-state index in [4.69, 9.17) is 18.5 Å². The zero-order valence-corrected chi connectivity index (χ0v) is 42.1. The second kappa shape index (κ2) is 37.0. The van der Waals surface area contributed by atoms with Gasteiger partial charge in [0.1, 0.15) is 43.2 Å². The van der Waals surface area contributed by atoms with E-state index in [2.05, 4.69) is 59.4 Å². The molecule has 1 rings (SSSR count). The maximum absolute atomic E-state index is 13.1. The highest BCUT2D eigenvalue weighted by Gasteiger charge is 2.56. The lowest BCUT2D eigenvalue weighted by Crippen LogP contribution is -2.65. The number of esters is 2. The molecule has 1 aliphatic rings. The molecule has 8 N–H and O–H groups in total. The quantitative estimate of drug-likeness (QED) is 0.0123. The molecule has 1 saturated carbocycles. The van der Waals surface area contributed by atoms with Crippen LogP contribution in [0.5, 0.6) is 0 Å². The summed E-state index contributed by atoms with van der Waals surface area (Å²) in [7, 11) is -16.6. The third kappa shape index (κ3) is 33.4. The van der Waals surface area contributed by atoms with Crippen molar-refractivity contribution in [3.05, 3.63) is 48.6 Å². The summed E-state index contributed by atoms with van der Waals surface area (Å²) in [6, 6.07) is 0. The van der Waals surface area contributed by atoms with Crippen LogP contribution in [-0.4, -0.2) is 108 Å². The van der Waals surface area contributed by atoms with E-state index in [1.165, 1.54) is 57.8 Å². The number of rotatable bonds is 40. The molecule has 0 aliphatic heterocycles. The average Bonchev–Trinajstić information content (AvgIpc) is 3.25. The number of ether oxygens (including phenoxy) is 2. The predicted octanol–water partition coefficient (Wildman–Crippen LogP) is 8.62. The Kier molecular flexibility index (Phi) is 34.8. The molecule has 0 saturated heterocycles. The van der Waals surface area contributed by atoms with Gasteiger partial charge in [-0.1, -0.05) is 127 Å². The van der Waals surface area contributed by atoms with Crippen LogP contribution >= 0.6 is 23.5 Å². The highest BCUT2D eigenvalue weighted by molar-refractivity contribution is 7.47. The van der Waals surface area contributed by atoms with Crippen molar-refractivity contribution in [2.45, 2.75) is 211 Å². The SMILES string of the molecule is CCCCCC=CCC=CCC=CCCCCC(=O)O[C@H](COC(=O)CCCCCCCC=CCCCCCCCC)COP(=O)(O)O[C@H]1C(O)C(O)C(OP(=O)(O)O)[C@@H](OP(=O)(O)O)C1O. The Bertz CT molecular complexity index is 1590. The van der Waals surface area contributed by atoms with Crippen LogP contribution < -0.4 is 0 Å². The largest absolute Gasteiger partial charge is 0.472 e. The molecular formula is C45H81O19P3. The van der Waals surface area contributed by atoms with Gasteiger partial charge in [0.2, 0.25) is 0 Å². The van der Waals surface area contributed by atoms with Crippen molar-refractivity contribution in [3.8, 4) is 0 Å². The van der Waals surface area contributed by atoms with Crippen molar-refractivity contribution in [2.75, 3.05) is 13.2 Å². The first-order valence-electron chi connectivity index (χ1n) is 23.9. The lowest BCUT2D eigenvalue weighted by Gasteiger charge is -2.44. The van der Waals surface area contributed by atoms with Crippen molar-refractivity contribution < 1.29 is 90.6 Å². The summed E-state index contributed by atoms with van der Waals surface area (Å²) in [4.78, 5) is 73.2. The monoisotopic (exact) mass is 1020 g/mol. The van der Waals surface area contributed by atoms with E-state index in [1.807, 2.05) is 12.2 Å². The normalized spacial score (nSPS) is 22.0. The highest BCUT2D eigenvalue weighted by atomic mass is 31.2. The van der Waals surface area contributed by atoms with Crippen LogP contribution in [-0.2, 0) is 50.9 Å². The van der Waals surface area contributed by atoms with Crippen LogP contribution in [0.1, 0.15) is 168 Å². The number of hydrogen-bond donors (Lipinski definition) is 8. The van der Waals surface area contributed by atoms with Gasteiger partial charge in [-0.25, -0.2) is 13.7 Å². The standard InChI is InChI=1S/C45H81O19P3/c1-3-5-7-9-11-13-15-17-19-21-23-25-27-29-31-33-38(46)59-35-37(61-39(47)34-32-30-28-26-24-22-20-18-16-14-12-10-8-6-4-2)36-60-67(57,58)64-43-40(48)41(49)44(62-65(51,52)53)45(42(43)50)63-66(54,55)56/h12,14,17-20,24,26,37,40-45,48-50H,3-11,13,15-16,21-23,25,27-36H2,1-2H3,(H,57,58)(H2,51,52,53)(H2,54,55,56)/t37-,40?,41?,42?,43+,44?,45+/m1/s1. The van der Waals surface area contributed by atoms with Gasteiger partial charge in [0.05, 0.1) is 6.61 Å². The minimum Gasteiger partial charge on any atom is -0.462 e. The molecule has 390 valence electrons. The van der Waals surface area contributed by atoms with Gasteiger partial charge in [0.15, 0.2) is 6.10 Å². The summed E-state index contributed by atoms with van der Waals surface area (Å²) >= 11 is 0. The smallest absolute Gasteiger partial charge is 0.462 e. The Morgan fingerprint density at radius 1 is 0.478 bits per heavy atom. The minimum absolute atomic E-state index is 0.0534. The van der Waals surface area contributed by atoms with Crippen LogP contribution in [0, 0.1) is 0 Å². The van der Waals surface area contributed by atoms with Crippen molar-refractivity contribution >= 4 is 35.4 Å². The molecule has 67 heavy (non-hydrogen) atoms. The number of phosphoric acid groups is 3. The van der Waals surface area contributed by atoms with Gasteiger partial charge in [-0.05, 0) is 77.0 Å². The Balaban J connectivity index is 2.77. The third-order valence-electron chi connectivity index (χ3n) is 10.6. The number of aliphatic hydroxyl groups is 3. The molecule has 0 radical (unpaired) electrons. The zero-order chi connectivity index (χ0) is 50.0. The maximum Gasteiger partial charge on any atom is 0.472 e. The molecule has 5 unspecified atom stereocenters. The molecule has 8 atom stereocenters. The highest BCUT2D eigenvalue weighted by Crippen LogP contribution is 2.51. The summed E-state index contributed by atoms with van der Waals surface area (Å²) in [5.74, 6) is -1.35. The molecule has 0 aromatic heterocycles. The van der Waals surface area contributed by atoms with E-state index in [9.17, 15) is 63.1 Å². The maximum atomic E-state index is 13.1. The molecule has 0 amide bonds. The molecule has 0 heterocycles. The number of phosphoric ester groups is 3. The molecule has 19 nitrogen and oxygen atoms in total. The van der Waals surface area contributed by atoms with Crippen molar-refractivity contribution in [2.24, 2.45) is 0 Å². The number of hydrogen-bond acceptors (Lipinski definition) is 14. The fourth-order valence-electron chi connectivity index (χ4n) is 6.99. The van der Waals surface area contributed by atoms with Crippen molar-refractivity contribution in [1.82, 2.24) is 0 Å². The molecule has 0 bridgehead atoms. The zero-order valence-electron chi connectivity index (χ0n) is 39.5. The molecule has 0 aromatic carbocycles. The second-order valence-corrected chi connectivity index (χ2v) is 20.5. The Morgan fingerprint density at radius 3 is 1.40 bits per heavy atom. The lowest BCUT2D eigenvalue weighted by atomic mass is 9.85. The van der Waals surface area contributed by atoms with Gasteiger partial charge in [-0.15, -0.1) is 0 Å². The van der Waals surface area contributed by atoms with Gasteiger partial charge in [-0.3, -0.25) is 27.7 Å². The van der Waals surface area contributed by atoms with E-state index >= 15 is 0 Å². The topological polar surface area (TPSA) is 303 Å². The molecule has 1 aliphatic carbocycles. The summed E-state index contributed by atoms with van der Waals surface area (Å²) in [5, 5.41) is 31.9.